The van der Waals surface area contributed by atoms with Crippen LogP contribution in [-0.2, 0) is 16.5 Å². The summed E-state index contributed by atoms with van der Waals surface area (Å²) >= 11 is 0. The molecule has 4 nitrogen and oxygen atoms in total. The Labute approximate surface area is 261 Å². The molecule has 5 aliphatic heterocycles. The molecule has 3 aromatic heterocycles. The Hall–Kier alpha value is -5.22. The maximum atomic E-state index is 2.66. The molecule has 7 aromatic rings. The first-order chi connectivity index (χ1) is 21.9. The number of para-hydroxylation sites is 2. The third-order valence-corrected chi connectivity index (χ3v) is 12.1. The summed E-state index contributed by atoms with van der Waals surface area (Å²) < 4.78 is 7.82. The maximum Gasteiger partial charge on any atom is 0.371 e. The molecule has 0 radical (unpaired) electrons. The van der Waals surface area contributed by atoms with Crippen molar-refractivity contribution >= 4 is 39.0 Å². The molecule has 1 atom stereocenters. The highest BCUT2D eigenvalue weighted by Crippen LogP contribution is 2.65. The summed E-state index contributed by atoms with van der Waals surface area (Å²) in [5.41, 5.74) is 16.6. The van der Waals surface area contributed by atoms with Crippen LogP contribution in [-0.4, -0.2) is 4.57 Å². The van der Waals surface area contributed by atoms with E-state index in [0.29, 0.717) is 0 Å². The molecular weight excluding hydrogens is 548 g/mol. The molecule has 4 aromatic carbocycles. The van der Waals surface area contributed by atoms with Crippen molar-refractivity contribution in [3.63, 3.8) is 0 Å². The number of rotatable bonds is 0. The van der Waals surface area contributed by atoms with E-state index >= 15 is 0 Å². The van der Waals surface area contributed by atoms with Crippen LogP contribution in [0.15, 0.2) is 109 Å². The van der Waals surface area contributed by atoms with E-state index in [0.717, 1.165) is 0 Å². The van der Waals surface area contributed by atoms with Gasteiger partial charge < -0.3 is 4.57 Å². The van der Waals surface area contributed by atoms with Crippen molar-refractivity contribution in [2.45, 2.75) is 44.2 Å². The fourth-order valence-corrected chi connectivity index (χ4v) is 10.3. The van der Waals surface area contributed by atoms with Gasteiger partial charge in [0.15, 0.2) is 11.9 Å². The van der Waals surface area contributed by atoms with Crippen LogP contribution in [0, 0.1) is 0 Å². The first kappa shape index (κ1) is 23.2. The van der Waals surface area contributed by atoms with E-state index in [-0.39, 0.29) is 10.8 Å². The summed E-state index contributed by atoms with van der Waals surface area (Å²) in [6, 6.07) is 37.0. The fourth-order valence-electron chi connectivity index (χ4n) is 10.3. The van der Waals surface area contributed by atoms with E-state index in [1.165, 1.54) is 89.3 Å². The van der Waals surface area contributed by atoms with Crippen molar-refractivity contribution in [3.05, 3.63) is 143 Å². The molecule has 12 rings (SSSR count). The molecule has 212 valence electrons. The van der Waals surface area contributed by atoms with Crippen LogP contribution in [0.5, 0.6) is 0 Å². The lowest BCUT2D eigenvalue weighted by Crippen LogP contribution is -2.77. The third-order valence-electron chi connectivity index (χ3n) is 12.1. The molecular formula is C41H30N4+2. The van der Waals surface area contributed by atoms with Crippen molar-refractivity contribution in [1.82, 2.24) is 4.57 Å². The molecule has 0 saturated heterocycles. The highest BCUT2D eigenvalue weighted by Gasteiger charge is 2.70. The van der Waals surface area contributed by atoms with Crippen LogP contribution in [0.3, 0.4) is 0 Å². The summed E-state index contributed by atoms with van der Waals surface area (Å²) in [7, 11) is 0. The molecule has 1 spiro atoms. The molecule has 0 fully saturated rings. The number of hydrogen-bond donors (Lipinski definition) is 0. The van der Waals surface area contributed by atoms with E-state index in [1.807, 2.05) is 0 Å². The first-order valence-corrected chi connectivity index (χ1v) is 16.1. The van der Waals surface area contributed by atoms with Crippen molar-refractivity contribution in [3.8, 4) is 16.9 Å². The largest absolute Gasteiger partial charge is 0.371 e. The van der Waals surface area contributed by atoms with Crippen molar-refractivity contribution in [2.24, 2.45) is 0 Å². The molecule has 0 bridgehead atoms. The van der Waals surface area contributed by atoms with Crippen LogP contribution in [0.25, 0.3) is 38.8 Å². The van der Waals surface area contributed by atoms with E-state index in [9.17, 15) is 0 Å². The molecule has 0 saturated carbocycles. The van der Waals surface area contributed by atoms with Gasteiger partial charge in [-0.05, 0) is 36.4 Å². The third kappa shape index (κ3) is 2.08. The van der Waals surface area contributed by atoms with Gasteiger partial charge in [-0.25, -0.2) is 0 Å². The molecule has 8 heterocycles. The summed E-state index contributed by atoms with van der Waals surface area (Å²) in [5, 5.41) is 2.63. The second kappa shape index (κ2) is 6.72. The number of benzene rings is 4. The van der Waals surface area contributed by atoms with Crippen molar-refractivity contribution < 1.29 is 9.13 Å². The number of hydrogen-bond acceptors (Lipinski definition) is 1. The smallest absolute Gasteiger partial charge is 0.308 e. The summed E-state index contributed by atoms with van der Waals surface area (Å²) in [6.45, 7) is 9.70. The topological polar surface area (TPSA) is 15.9 Å². The minimum absolute atomic E-state index is 0.166. The Balaban J connectivity index is 1.43. The van der Waals surface area contributed by atoms with Crippen LogP contribution in [0.4, 0.5) is 17.2 Å². The van der Waals surface area contributed by atoms with Crippen LogP contribution in [0.2, 0.25) is 0 Å². The van der Waals surface area contributed by atoms with E-state index in [2.05, 4.69) is 156 Å². The monoisotopic (exact) mass is 578 g/mol. The Morgan fingerprint density at radius 3 is 2.16 bits per heavy atom. The predicted octanol–water partition coefficient (Wildman–Crippen LogP) is 8.01. The highest BCUT2D eigenvalue weighted by molar-refractivity contribution is 6.14. The number of anilines is 3. The molecule has 0 aliphatic carbocycles. The molecule has 4 heteroatoms. The molecule has 5 aliphatic rings. The number of pyridine rings is 2. The molecule has 1 unspecified atom stereocenters. The average Bonchev–Trinajstić information content (AvgIpc) is 3.55. The molecule has 45 heavy (non-hydrogen) atoms. The van der Waals surface area contributed by atoms with Crippen LogP contribution < -0.4 is 14.0 Å². The van der Waals surface area contributed by atoms with E-state index < -0.39 is 5.66 Å². The zero-order valence-electron chi connectivity index (χ0n) is 25.7. The zero-order valence-corrected chi connectivity index (χ0v) is 25.7. The number of fused-ring (bicyclic) bond motifs is 6. The number of nitrogens with zero attached hydrogens (tertiary/aromatic N) is 4. The first-order valence-electron chi connectivity index (χ1n) is 16.1. The Morgan fingerprint density at radius 2 is 1.29 bits per heavy atom. The van der Waals surface area contributed by atoms with E-state index in [4.69, 9.17) is 0 Å². The lowest BCUT2D eigenvalue weighted by atomic mass is 9.64. The van der Waals surface area contributed by atoms with Gasteiger partial charge in [0, 0.05) is 50.4 Å². The summed E-state index contributed by atoms with van der Waals surface area (Å²) in [5.74, 6) is 1.29. The van der Waals surface area contributed by atoms with Crippen LogP contribution in [0.1, 0.15) is 61.1 Å². The Kier molecular flexibility index (Phi) is 3.46. The quantitative estimate of drug-likeness (QED) is 0.167. The maximum absolute atomic E-state index is 2.66. The Bertz CT molecular complexity index is 2600. The van der Waals surface area contributed by atoms with Gasteiger partial charge in [0.2, 0.25) is 5.69 Å². The Morgan fingerprint density at radius 1 is 0.556 bits per heavy atom. The lowest BCUT2D eigenvalue weighted by Gasteiger charge is -2.49. The second-order valence-corrected chi connectivity index (χ2v) is 14.6. The second-order valence-electron chi connectivity index (χ2n) is 14.6. The van der Waals surface area contributed by atoms with E-state index in [1.54, 1.807) is 0 Å². The minimum Gasteiger partial charge on any atom is -0.308 e. The van der Waals surface area contributed by atoms with Gasteiger partial charge in [-0.15, -0.1) is 4.57 Å². The van der Waals surface area contributed by atoms with Crippen LogP contribution >= 0.6 is 0 Å². The van der Waals surface area contributed by atoms with Gasteiger partial charge in [-0.2, -0.15) is 9.47 Å². The predicted molar refractivity (Wildman–Crippen MR) is 177 cm³/mol. The highest BCUT2D eigenvalue weighted by atomic mass is 15.4. The summed E-state index contributed by atoms with van der Waals surface area (Å²) in [6.07, 6.45) is 4.68. The fraction of sp³-hybridized carbons (Fsp3) is 0.171. The average molecular weight is 579 g/mol. The normalized spacial score (nSPS) is 20.4. The van der Waals surface area contributed by atoms with Gasteiger partial charge in [-0.1, -0.05) is 76.2 Å². The van der Waals surface area contributed by atoms with Gasteiger partial charge >= 0.3 is 5.66 Å². The van der Waals surface area contributed by atoms with Gasteiger partial charge in [0.25, 0.3) is 5.82 Å². The number of aromatic nitrogens is 3. The van der Waals surface area contributed by atoms with Gasteiger partial charge in [-0.3, -0.25) is 0 Å². The standard InChI is InChI=1S/C41H30N4/c1-39(2)26-12-9-13-27-36(26)45-37-28(39)19-20-32-34(37)41(43-22-10-14-29(38(43)45)40(27,3)4)33-25(30-15-7-8-21-42(30)41)18-17-24-23-11-5-6-16-31(23)44(32)35(24)33/h5-22H,1-4H3/q+2. The van der Waals surface area contributed by atoms with Gasteiger partial charge in [0.05, 0.1) is 34.0 Å². The van der Waals surface area contributed by atoms with Gasteiger partial charge in [0.1, 0.15) is 16.8 Å². The molecule has 0 N–H and O–H groups in total. The zero-order chi connectivity index (χ0) is 29.8. The lowest BCUT2D eigenvalue weighted by molar-refractivity contribution is -0.958. The minimum atomic E-state index is -0.575. The molecule has 0 amide bonds. The summed E-state index contributed by atoms with van der Waals surface area (Å²) in [4.78, 5) is 2.66. The van der Waals surface area contributed by atoms with Crippen molar-refractivity contribution in [2.75, 3.05) is 4.90 Å². The van der Waals surface area contributed by atoms with Crippen molar-refractivity contribution in [1.29, 1.82) is 0 Å². The SMILES string of the molecule is CC1(C)c2cccc3c2N2c4c1ccc1c4C4(c5c(ccc6c7ccccc7n-1c56)-c1cccc[n+]14)[n+]1cccc(c12)C3(C)C.